The Hall–Kier alpha value is -2.18. The fourth-order valence-corrected chi connectivity index (χ4v) is 1.67. The van der Waals surface area contributed by atoms with Gasteiger partial charge in [-0.3, -0.25) is 4.98 Å². The molecular formula is C13H13F3N4. The average Bonchev–Trinajstić information content (AvgIpc) is 2.45. The zero-order valence-electron chi connectivity index (χ0n) is 10.8. The van der Waals surface area contributed by atoms with Gasteiger partial charge in [0.1, 0.15) is 17.8 Å². The van der Waals surface area contributed by atoms with E-state index in [9.17, 15) is 13.2 Å². The third-order valence-electron chi connectivity index (χ3n) is 2.82. The Morgan fingerprint density at radius 2 is 1.85 bits per heavy atom. The molecule has 7 heteroatoms. The highest BCUT2D eigenvalue weighted by atomic mass is 19.4. The summed E-state index contributed by atoms with van der Waals surface area (Å²) in [6, 6.07) is 4.69. The fraction of sp³-hybridized carbons (Fsp3) is 0.308. The van der Waals surface area contributed by atoms with Gasteiger partial charge in [-0.25, -0.2) is 9.97 Å². The lowest BCUT2D eigenvalue weighted by Gasteiger charge is -2.18. The van der Waals surface area contributed by atoms with Crippen molar-refractivity contribution in [2.75, 3.05) is 18.5 Å². The highest BCUT2D eigenvalue weighted by Gasteiger charge is 2.33. The molecule has 0 N–H and O–H groups in total. The number of likely N-dealkylation sites (N-methyl/N-ethyl adjacent to an activating group) is 1. The Morgan fingerprint density at radius 1 is 1.15 bits per heavy atom. The molecule has 2 aromatic heterocycles. The number of halogens is 3. The van der Waals surface area contributed by atoms with Gasteiger partial charge in [0.05, 0.1) is 0 Å². The maximum absolute atomic E-state index is 12.6. The van der Waals surface area contributed by atoms with E-state index in [2.05, 4.69) is 15.0 Å². The van der Waals surface area contributed by atoms with Crippen LogP contribution in [0.1, 0.15) is 11.3 Å². The smallest absolute Gasteiger partial charge is 0.359 e. The van der Waals surface area contributed by atoms with Crippen molar-refractivity contribution >= 4 is 5.82 Å². The molecule has 0 aliphatic heterocycles. The van der Waals surface area contributed by atoms with E-state index in [1.807, 2.05) is 12.1 Å². The predicted molar refractivity (Wildman–Crippen MR) is 68.2 cm³/mol. The van der Waals surface area contributed by atoms with Crippen molar-refractivity contribution in [2.24, 2.45) is 0 Å². The highest BCUT2D eigenvalue weighted by Crippen LogP contribution is 2.28. The number of hydrogen-bond donors (Lipinski definition) is 0. The normalized spacial score (nSPS) is 11.4. The van der Waals surface area contributed by atoms with E-state index in [0.29, 0.717) is 13.0 Å². The quantitative estimate of drug-likeness (QED) is 0.864. The fourth-order valence-electron chi connectivity index (χ4n) is 1.67. The summed E-state index contributed by atoms with van der Waals surface area (Å²) in [4.78, 5) is 12.7. The van der Waals surface area contributed by atoms with Gasteiger partial charge in [0.2, 0.25) is 0 Å². The lowest BCUT2D eigenvalue weighted by Crippen LogP contribution is -2.22. The van der Waals surface area contributed by atoms with Gasteiger partial charge in [0.15, 0.2) is 0 Å². The number of alkyl halides is 3. The van der Waals surface area contributed by atoms with Crippen LogP contribution in [0.3, 0.4) is 0 Å². The van der Waals surface area contributed by atoms with E-state index in [-0.39, 0.29) is 5.82 Å². The molecule has 2 heterocycles. The minimum atomic E-state index is -4.45. The van der Waals surface area contributed by atoms with Crippen molar-refractivity contribution in [1.82, 2.24) is 15.0 Å². The molecule has 0 amide bonds. The van der Waals surface area contributed by atoms with E-state index in [1.54, 1.807) is 24.3 Å². The summed E-state index contributed by atoms with van der Waals surface area (Å²) in [5, 5.41) is 0. The highest BCUT2D eigenvalue weighted by molar-refractivity contribution is 5.38. The molecule has 0 spiro atoms. The molecule has 0 fully saturated rings. The van der Waals surface area contributed by atoms with Gasteiger partial charge in [-0.15, -0.1) is 0 Å². The van der Waals surface area contributed by atoms with Gasteiger partial charge in [-0.1, -0.05) is 0 Å². The molecule has 0 aliphatic carbocycles. The third-order valence-corrected chi connectivity index (χ3v) is 2.82. The summed E-state index contributed by atoms with van der Waals surface area (Å²) in [5.41, 5.74) is 0.134. The molecule has 2 aromatic rings. The van der Waals surface area contributed by atoms with Crippen LogP contribution in [-0.4, -0.2) is 28.5 Å². The van der Waals surface area contributed by atoms with Crippen molar-refractivity contribution in [2.45, 2.75) is 12.6 Å². The maximum Gasteiger partial charge on any atom is 0.433 e. The van der Waals surface area contributed by atoms with E-state index in [4.69, 9.17) is 0 Å². The van der Waals surface area contributed by atoms with Crippen LogP contribution in [0.4, 0.5) is 19.0 Å². The van der Waals surface area contributed by atoms with Gasteiger partial charge in [-0.2, -0.15) is 13.2 Å². The Kier molecular flexibility index (Phi) is 4.16. The number of aromatic nitrogens is 3. The summed E-state index contributed by atoms with van der Waals surface area (Å²) in [6.07, 6.45) is 0.540. The van der Waals surface area contributed by atoms with Crippen molar-refractivity contribution in [3.05, 3.63) is 48.2 Å². The maximum atomic E-state index is 12.6. The van der Waals surface area contributed by atoms with Crippen LogP contribution >= 0.6 is 0 Å². The molecular weight excluding hydrogens is 269 g/mol. The number of rotatable bonds is 4. The van der Waals surface area contributed by atoms with Gasteiger partial charge in [-0.05, 0) is 24.1 Å². The second kappa shape index (κ2) is 5.85. The predicted octanol–water partition coefficient (Wildman–Crippen LogP) is 2.57. The summed E-state index contributed by atoms with van der Waals surface area (Å²) >= 11 is 0. The zero-order valence-corrected chi connectivity index (χ0v) is 10.8. The van der Waals surface area contributed by atoms with E-state index < -0.39 is 11.9 Å². The average molecular weight is 282 g/mol. The minimum absolute atomic E-state index is 0.251. The van der Waals surface area contributed by atoms with Crippen molar-refractivity contribution < 1.29 is 13.2 Å². The molecule has 0 radical (unpaired) electrons. The molecule has 0 bridgehead atoms. The first-order valence-corrected chi connectivity index (χ1v) is 5.96. The lowest BCUT2D eigenvalue weighted by atomic mass is 10.2. The molecule has 2 rings (SSSR count). The standard InChI is InChI=1S/C13H13F3N4/c1-20(7-4-10-2-5-17-6-3-10)12-8-11(13(14,15)16)18-9-19-12/h2-3,5-6,8-9H,4,7H2,1H3. The lowest BCUT2D eigenvalue weighted by molar-refractivity contribution is -0.141. The molecule has 0 saturated heterocycles. The van der Waals surface area contributed by atoms with Gasteiger partial charge >= 0.3 is 6.18 Å². The van der Waals surface area contributed by atoms with Crippen LogP contribution < -0.4 is 4.90 Å². The molecule has 20 heavy (non-hydrogen) atoms. The molecule has 0 saturated carbocycles. The van der Waals surface area contributed by atoms with Crippen LogP contribution in [0.5, 0.6) is 0 Å². The van der Waals surface area contributed by atoms with Crippen molar-refractivity contribution in [3.8, 4) is 0 Å². The topological polar surface area (TPSA) is 41.9 Å². The SMILES string of the molecule is CN(CCc1ccncc1)c1cc(C(F)(F)F)ncn1. The van der Waals surface area contributed by atoms with Crippen molar-refractivity contribution in [3.63, 3.8) is 0 Å². The number of pyridine rings is 1. The Balaban J connectivity index is 2.04. The summed E-state index contributed by atoms with van der Waals surface area (Å²) in [5.74, 6) is 0.251. The van der Waals surface area contributed by atoms with Gasteiger partial charge in [0, 0.05) is 32.1 Å². The summed E-state index contributed by atoms with van der Waals surface area (Å²) in [7, 11) is 1.70. The van der Waals surface area contributed by atoms with Crippen LogP contribution in [-0.2, 0) is 12.6 Å². The number of anilines is 1. The summed E-state index contributed by atoms with van der Waals surface area (Å²) < 4.78 is 37.7. The molecule has 0 aliphatic rings. The second-order valence-corrected chi connectivity index (χ2v) is 4.29. The Labute approximate surface area is 114 Å². The first-order chi connectivity index (χ1) is 9.47. The van der Waals surface area contributed by atoms with Gasteiger partial charge in [0.25, 0.3) is 0 Å². The first kappa shape index (κ1) is 14.2. The zero-order chi connectivity index (χ0) is 14.6. The molecule has 0 aromatic carbocycles. The Morgan fingerprint density at radius 3 is 2.50 bits per heavy atom. The van der Waals surface area contributed by atoms with Crippen LogP contribution in [0.25, 0.3) is 0 Å². The first-order valence-electron chi connectivity index (χ1n) is 5.96. The molecule has 0 atom stereocenters. The van der Waals surface area contributed by atoms with Crippen LogP contribution in [0, 0.1) is 0 Å². The molecule has 4 nitrogen and oxygen atoms in total. The van der Waals surface area contributed by atoms with Crippen LogP contribution in [0.15, 0.2) is 36.9 Å². The monoisotopic (exact) mass is 282 g/mol. The number of hydrogen-bond acceptors (Lipinski definition) is 4. The summed E-state index contributed by atoms with van der Waals surface area (Å²) in [6.45, 7) is 0.554. The van der Waals surface area contributed by atoms with Crippen LogP contribution in [0.2, 0.25) is 0 Å². The van der Waals surface area contributed by atoms with E-state index in [1.165, 1.54) is 0 Å². The van der Waals surface area contributed by atoms with E-state index >= 15 is 0 Å². The molecule has 0 unspecified atom stereocenters. The van der Waals surface area contributed by atoms with Gasteiger partial charge < -0.3 is 4.90 Å². The number of nitrogens with zero attached hydrogens (tertiary/aromatic N) is 4. The van der Waals surface area contributed by atoms with Crippen molar-refractivity contribution in [1.29, 1.82) is 0 Å². The Bertz CT molecular complexity index is 557. The second-order valence-electron chi connectivity index (χ2n) is 4.29. The third kappa shape index (κ3) is 3.66. The largest absolute Gasteiger partial charge is 0.433 e. The molecule has 106 valence electrons. The minimum Gasteiger partial charge on any atom is -0.359 e. The van der Waals surface area contributed by atoms with E-state index in [0.717, 1.165) is 18.0 Å².